The molecule has 0 aliphatic heterocycles. The Hall–Kier alpha value is -1.00. The minimum atomic E-state index is -0.100. The predicted molar refractivity (Wildman–Crippen MR) is 76.2 cm³/mol. The van der Waals surface area contributed by atoms with Crippen LogP contribution in [0.2, 0.25) is 0 Å². The topological polar surface area (TPSA) is 49.3 Å². The molecule has 3 nitrogen and oxygen atoms in total. The number of hydrogen-bond acceptors (Lipinski definition) is 3. The zero-order chi connectivity index (χ0) is 13.8. The summed E-state index contributed by atoms with van der Waals surface area (Å²) in [4.78, 5) is 12.8. The minimum absolute atomic E-state index is 0.0885. The fourth-order valence-electron chi connectivity index (χ4n) is 1.66. The molecule has 18 heavy (non-hydrogen) atoms. The Kier molecular flexibility index (Phi) is 5.23. The van der Waals surface area contributed by atoms with Crippen LogP contribution in [0.3, 0.4) is 0 Å². The molecule has 0 aliphatic carbocycles. The molecule has 0 atom stereocenters. The summed E-state index contributed by atoms with van der Waals surface area (Å²) in [7, 11) is 0. The lowest BCUT2D eigenvalue weighted by Crippen LogP contribution is -2.34. The molecule has 0 radical (unpaired) electrons. The Bertz CT molecular complexity index is 430. The lowest BCUT2D eigenvalue weighted by Gasteiger charge is -2.24. The summed E-state index contributed by atoms with van der Waals surface area (Å²) in [6.07, 6.45) is 0.666. The molecule has 0 bridgehead atoms. The second-order valence-electron chi connectivity index (χ2n) is 5.32. The van der Waals surface area contributed by atoms with Crippen LogP contribution in [0.4, 0.5) is 0 Å². The molecule has 0 saturated carbocycles. The Morgan fingerprint density at radius 3 is 2.72 bits per heavy atom. The van der Waals surface area contributed by atoms with Crippen LogP contribution in [-0.4, -0.2) is 24.2 Å². The first kappa shape index (κ1) is 15.1. The van der Waals surface area contributed by atoms with Crippen molar-refractivity contribution in [2.45, 2.75) is 32.1 Å². The molecular formula is C14H21NO2S. The fourth-order valence-corrected chi connectivity index (χ4v) is 1.86. The molecule has 0 fully saturated rings. The lowest BCUT2D eigenvalue weighted by molar-refractivity contribution is 0.0927. The van der Waals surface area contributed by atoms with Gasteiger partial charge in [-0.05, 0) is 36.5 Å². The number of carbonyl (C=O) groups is 1. The van der Waals surface area contributed by atoms with Gasteiger partial charge in [-0.2, -0.15) is 0 Å². The molecule has 4 heteroatoms. The summed E-state index contributed by atoms with van der Waals surface area (Å²) in [6, 6.07) is 5.52. The van der Waals surface area contributed by atoms with Crippen molar-refractivity contribution < 1.29 is 9.90 Å². The van der Waals surface area contributed by atoms with Gasteiger partial charge in [-0.15, -0.1) is 12.6 Å². The van der Waals surface area contributed by atoms with E-state index >= 15 is 0 Å². The van der Waals surface area contributed by atoms with Crippen LogP contribution in [0.1, 0.15) is 36.2 Å². The van der Waals surface area contributed by atoms with E-state index in [1.807, 2.05) is 32.9 Å². The van der Waals surface area contributed by atoms with E-state index in [0.717, 1.165) is 10.5 Å². The van der Waals surface area contributed by atoms with E-state index in [4.69, 9.17) is 5.11 Å². The van der Waals surface area contributed by atoms with E-state index < -0.39 is 0 Å². The quantitative estimate of drug-likeness (QED) is 0.718. The Morgan fingerprint density at radius 1 is 1.44 bits per heavy atom. The van der Waals surface area contributed by atoms with Gasteiger partial charge in [-0.3, -0.25) is 4.79 Å². The van der Waals surface area contributed by atoms with Crippen molar-refractivity contribution in [3.63, 3.8) is 0 Å². The molecule has 100 valence electrons. The van der Waals surface area contributed by atoms with Gasteiger partial charge in [-0.1, -0.05) is 19.9 Å². The zero-order valence-corrected chi connectivity index (χ0v) is 12.1. The highest BCUT2D eigenvalue weighted by Gasteiger charge is 2.19. The van der Waals surface area contributed by atoms with E-state index in [0.29, 0.717) is 18.5 Å². The highest BCUT2D eigenvalue weighted by atomic mass is 32.1. The molecule has 2 N–H and O–H groups in total. The fraction of sp³-hybridized carbons (Fsp3) is 0.500. The largest absolute Gasteiger partial charge is 0.396 e. The molecule has 0 spiro atoms. The van der Waals surface area contributed by atoms with Crippen molar-refractivity contribution in [2.75, 3.05) is 13.2 Å². The molecule has 1 amide bonds. The second kappa shape index (κ2) is 6.25. The van der Waals surface area contributed by atoms with E-state index in [2.05, 4.69) is 17.9 Å². The van der Waals surface area contributed by atoms with Gasteiger partial charge in [0.05, 0.1) is 0 Å². The maximum atomic E-state index is 12.1. The number of thiol groups is 1. The van der Waals surface area contributed by atoms with Gasteiger partial charge >= 0.3 is 0 Å². The molecule has 0 aromatic heterocycles. The number of rotatable bonds is 5. The first-order chi connectivity index (χ1) is 8.35. The summed E-state index contributed by atoms with van der Waals surface area (Å²) in [5.41, 5.74) is 1.49. The maximum absolute atomic E-state index is 12.1. The number of aliphatic hydroxyl groups is 1. The monoisotopic (exact) mass is 267 g/mol. The van der Waals surface area contributed by atoms with E-state index in [9.17, 15) is 4.79 Å². The van der Waals surface area contributed by atoms with Gasteiger partial charge < -0.3 is 10.4 Å². The third-order valence-electron chi connectivity index (χ3n) is 2.98. The van der Waals surface area contributed by atoms with Gasteiger partial charge in [0.15, 0.2) is 0 Å². The number of nitrogens with one attached hydrogen (secondary N) is 1. The third kappa shape index (κ3) is 4.35. The van der Waals surface area contributed by atoms with Crippen molar-refractivity contribution >= 4 is 18.5 Å². The Labute approximate surface area is 114 Å². The molecule has 0 unspecified atom stereocenters. The van der Waals surface area contributed by atoms with Crippen molar-refractivity contribution in [3.8, 4) is 0 Å². The zero-order valence-electron chi connectivity index (χ0n) is 11.2. The van der Waals surface area contributed by atoms with Gasteiger partial charge in [0.2, 0.25) is 0 Å². The van der Waals surface area contributed by atoms with Crippen LogP contribution >= 0.6 is 12.6 Å². The Balaban J connectivity index is 2.69. The number of aryl methyl sites for hydroxylation is 1. The molecule has 0 saturated heterocycles. The van der Waals surface area contributed by atoms with Crippen LogP contribution < -0.4 is 5.32 Å². The van der Waals surface area contributed by atoms with Crippen LogP contribution in [0.25, 0.3) is 0 Å². The van der Waals surface area contributed by atoms with E-state index in [1.54, 1.807) is 6.07 Å². The summed E-state index contributed by atoms with van der Waals surface area (Å²) in [6.45, 7) is 6.62. The maximum Gasteiger partial charge on any atom is 0.251 e. The average Bonchev–Trinajstić information content (AvgIpc) is 2.29. The molecule has 0 heterocycles. The molecule has 0 aliphatic rings. The number of aliphatic hydroxyl groups excluding tert-OH is 1. The smallest absolute Gasteiger partial charge is 0.251 e. The highest BCUT2D eigenvalue weighted by Crippen LogP contribution is 2.19. The van der Waals surface area contributed by atoms with Crippen LogP contribution in [0, 0.1) is 12.3 Å². The third-order valence-corrected chi connectivity index (χ3v) is 3.26. The normalized spacial score (nSPS) is 11.4. The van der Waals surface area contributed by atoms with Crippen LogP contribution in [-0.2, 0) is 0 Å². The number of hydrogen-bond donors (Lipinski definition) is 3. The van der Waals surface area contributed by atoms with Crippen LogP contribution in [0.15, 0.2) is 23.1 Å². The predicted octanol–water partition coefficient (Wildman–Crippen LogP) is 2.42. The van der Waals surface area contributed by atoms with E-state index in [-0.39, 0.29) is 17.9 Å². The standard InChI is InChI=1S/C14H21NO2S/c1-10-4-5-11(18)8-12(10)13(17)15-9-14(2,3)6-7-16/h4-5,8,16,18H,6-7,9H2,1-3H3,(H,15,17). The summed E-state index contributed by atoms with van der Waals surface area (Å²) in [5.74, 6) is -0.0885. The average molecular weight is 267 g/mol. The first-order valence-electron chi connectivity index (χ1n) is 6.04. The highest BCUT2D eigenvalue weighted by molar-refractivity contribution is 7.80. The molecule has 1 aromatic rings. The summed E-state index contributed by atoms with van der Waals surface area (Å²) < 4.78 is 0. The van der Waals surface area contributed by atoms with Crippen molar-refractivity contribution in [3.05, 3.63) is 29.3 Å². The summed E-state index contributed by atoms with van der Waals surface area (Å²) in [5, 5.41) is 11.8. The lowest BCUT2D eigenvalue weighted by atomic mass is 9.89. The van der Waals surface area contributed by atoms with Crippen LogP contribution in [0.5, 0.6) is 0 Å². The number of benzene rings is 1. The van der Waals surface area contributed by atoms with Gasteiger partial charge in [0.1, 0.15) is 0 Å². The van der Waals surface area contributed by atoms with Gasteiger partial charge in [0.25, 0.3) is 5.91 Å². The SMILES string of the molecule is Cc1ccc(S)cc1C(=O)NCC(C)(C)CCO. The minimum Gasteiger partial charge on any atom is -0.396 e. The molecule has 1 aromatic carbocycles. The van der Waals surface area contributed by atoms with E-state index in [1.165, 1.54) is 0 Å². The van der Waals surface area contributed by atoms with Crippen molar-refractivity contribution in [1.29, 1.82) is 0 Å². The second-order valence-corrected chi connectivity index (χ2v) is 5.84. The molecular weight excluding hydrogens is 246 g/mol. The number of amides is 1. The first-order valence-corrected chi connectivity index (χ1v) is 6.49. The summed E-state index contributed by atoms with van der Waals surface area (Å²) >= 11 is 4.24. The molecule has 1 rings (SSSR count). The Morgan fingerprint density at radius 2 is 2.11 bits per heavy atom. The van der Waals surface area contributed by atoms with Crippen molar-refractivity contribution in [1.82, 2.24) is 5.32 Å². The van der Waals surface area contributed by atoms with Crippen molar-refractivity contribution in [2.24, 2.45) is 5.41 Å². The number of carbonyl (C=O) groups excluding carboxylic acids is 1. The van der Waals surface area contributed by atoms with Gasteiger partial charge in [-0.25, -0.2) is 0 Å². The van der Waals surface area contributed by atoms with Gasteiger partial charge in [0, 0.05) is 23.6 Å².